The van der Waals surface area contributed by atoms with Gasteiger partial charge in [0.25, 0.3) is 17.4 Å². The van der Waals surface area contributed by atoms with Gasteiger partial charge in [0.05, 0.1) is 16.5 Å². The number of H-pyrrole nitrogens is 1. The fraction of sp³-hybridized carbons (Fsp3) is 0.208. The summed E-state index contributed by atoms with van der Waals surface area (Å²) in [6, 6.07) is 11.8. The van der Waals surface area contributed by atoms with Gasteiger partial charge in [0.2, 0.25) is 0 Å². The second kappa shape index (κ2) is 9.07. The SMILES string of the molecule is Cc1ccc(/C(O)=C2\C(=O)C(=O)N(CCCc3ncc[nH]3)C2c2ccc([N+](=O)[O-])cc2)cc1. The van der Waals surface area contributed by atoms with Crippen molar-refractivity contribution in [3.05, 3.63) is 99.1 Å². The number of aliphatic hydroxyl groups is 1. The first-order valence-corrected chi connectivity index (χ1v) is 10.4. The molecule has 1 amide bonds. The van der Waals surface area contributed by atoms with Crippen LogP contribution in [0.15, 0.2) is 66.5 Å². The van der Waals surface area contributed by atoms with Gasteiger partial charge in [0.1, 0.15) is 11.6 Å². The van der Waals surface area contributed by atoms with Gasteiger partial charge in [-0.3, -0.25) is 19.7 Å². The number of Topliss-reactive ketones (excluding diaryl/α,β-unsaturated/α-hetero) is 1. The molecule has 3 aromatic rings. The number of non-ortho nitro benzene ring substituents is 1. The second-order valence-corrected chi connectivity index (χ2v) is 7.85. The molecule has 1 atom stereocenters. The fourth-order valence-corrected chi connectivity index (χ4v) is 3.95. The van der Waals surface area contributed by atoms with E-state index in [2.05, 4.69) is 9.97 Å². The lowest BCUT2D eigenvalue weighted by molar-refractivity contribution is -0.384. The summed E-state index contributed by atoms with van der Waals surface area (Å²) in [5.41, 5.74) is 1.77. The van der Waals surface area contributed by atoms with Crippen LogP contribution in [0.5, 0.6) is 0 Å². The number of hydrogen-bond donors (Lipinski definition) is 2. The second-order valence-electron chi connectivity index (χ2n) is 7.85. The zero-order valence-corrected chi connectivity index (χ0v) is 17.9. The van der Waals surface area contributed by atoms with E-state index in [0.29, 0.717) is 24.0 Å². The molecule has 1 fully saturated rings. The Morgan fingerprint density at radius 1 is 1.15 bits per heavy atom. The van der Waals surface area contributed by atoms with Crippen LogP contribution in [0.3, 0.4) is 0 Å². The van der Waals surface area contributed by atoms with Gasteiger partial charge in [0, 0.05) is 43.1 Å². The lowest BCUT2D eigenvalue weighted by Gasteiger charge is -2.25. The van der Waals surface area contributed by atoms with E-state index in [-0.39, 0.29) is 23.6 Å². The molecule has 1 aliphatic heterocycles. The van der Waals surface area contributed by atoms with Crippen LogP contribution in [-0.2, 0) is 16.0 Å². The highest BCUT2D eigenvalue weighted by molar-refractivity contribution is 6.46. The van der Waals surface area contributed by atoms with Crippen molar-refractivity contribution in [2.45, 2.75) is 25.8 Å². The van der Waals surface area contributed by atoms with E-state index in [4.69, 9.17) is 0 Å². The predicted octanol–water partition coefficient (Wildman–Crippen LogP) is 3.68. The van der Waals surface area contributed by atoms with Crippen LogP contribution in [0, 0.1) is 17.0 Å². The zero-order chi connectivity index (χ0) is 23.5. The Hall–Kier alpha value is -4.27. The van der Waals surface area contributed by atoms with Gasteiger partial charge in [-0.05, 0) is 31.0 Å². The van der Waals surface area contributed by atoms with Crippen molar-refractivity contribution in [2.75, 3.05) is 6.54 Å². The lowest BCUT2D eigenvalue weighted by Crippen LogP contribution is -2.31. The van der Waals surface area contributed by atoms with E-state index in [0.717, 1.165) is 11.4 Å². The molecule has 1 aromatic heterocycles. The van der Waals surface area contributed by atoms with E-state index in [1.54, 1.807) is 36.7 Å². The number of ketones is 1. The molecule has 0 saturated carbocycles. The van der Waals surface area contributed by atoms with Crippen LogP contribution in [0.1, 0.15) is 35.0 Å². The zero-order valence-electron chi connectivity index (χ0n) is 17.9. The molecule has 1 unspecified atom stereocenters. The summed E-state index contributed by atoms with van der Waals surface area (Å²) >= 11 is 0. The van der Waals surface area contributed by atoms with Crippen molar-refractivity contribution in [1.82, 2.24) is 14.9 Å². The maximum Gasteiger partial charge on any atom is 0.295 e. The molecule has 1 saturated heterocycles. The summed E-state index contributed by atoms with van der Waals surface area (Å²) < 4.78 is 0. The summed E-state index contributed by atoms with van der Waals surface area (Å²) in [4.78, 5) is 45.1. The minimum Gasteiger partial charge on any atom is -0.507 e. The molecular formula is C24H22N4O5. The third-order valence-electron chi connectivity index (χ3n) is 5.65. The standard InChI is InChI=1S/C24H22N4O5/c1-15-4-6-17(7-5-15)22(29)20-21(16-8-10-18(11-9-16)28(32)33)27(24(31)23(20)30)14-2-3-19-25-12-13-26-19/h4-13,21,29H,2-3,14H2,1H3,(H,25,26)/b22-20+. The molecule has 0 bridgehead atoms. The first-order valence-electron chi connectivity index (χ1n) is 10.4. The molecule has 1 aliphatic rings. The number of aromatic amines is 1. The Balaban J connectivity index is 1.74. The van der Waals surface area contributed by atoms with Crippen molar-refractivity contribution >= 4 is 23.1 Å². The Bertz CT molecular complexity index is 1210. The van der Waals surface area contributed by atoms with E-state index in [1.165, 1.54) is 29.2 Å². The summed E-state index contributed by atoms with van der Waals surface area (Å²) in [5.74, 6) is -1.01. The first-order chi connectivity index (χ1) is 15.9. The van der Waals surface area contributed by atoms with Crippen LogP contribution < -0.4 is 0 Å². The number of nitro groups is 1. The number of hydrogen-bond acceptors (Lipinski definition) is 6. The molecular weight excluding hydrogens is 424 g/mol. The van der Waals surface area contributed by atoms with Crippen molar-refractivity contribution in [2.24, 2.45) is 0 Å². The van der Waals surface area contributed by atoms with Crippen molar-refractivity contribution in [3.8, 4) is 0 Å². The summed E-state index contributed by atoms with van der Waals surface area (Å²) in [7, 11) is 0. The van der Waals surface area contributed by atoms with Crippen LogP contribution in [0.2, 0.25) is 0 Å². The molecule has 0 radical (unpaired) electrons. The minimum atomic E-state index is -0.858. The molecule has 9 nitrogen and oxygen atoms in total. The molecule has 2 N–H and O–H groups in total. The van der Waals surface area contributed by atoms with Gasteiger partial charge in [-0.1, -0.05) is 29.8 Å². The number of likely N-dealkylation sites (tertiary alicyclic amines) is 1. The number of nitrogens with zero attached hydrogens (tertiary/aromatic N) is 3. The molecule has 168 valence electrons. The predicted molar refractivity (Wildman–Crippen MR) is 120 cm³/mol. The maximum absolute atomic E-state index is 13.0. The monoisotopic (exact) mass is 446 g/mol. The highest BCUT2D eigenvalue weighted by Crippen LogP contribution is 2.40. The number of carbonyl (C=O) groups is 2. The fourth-order valence-electron chi connectivity index (χ4n) is 3.95. The third-order valence-corrected chi connectivity index (χ3v) is 5.65. The minimum absolute atomic E-state index is 0.0318. The number of aromatic nitrogens is 2. The first kappa shape index (κ1) is 21.9. The van der Waals surface area contributed by atoms with Crippen molar-refractivity contribution in [1.29, 1.82) is 0 Å². The Kier molecular flexibility index (Phi) is 6.03. The highest BCUT2D eigenvalue weighted by atomic mass is 16.6. The average Bonchev–Trinajstić information content (AvgIpc) is 3.41. The number of benzene rings is 2. The maximum atomic E-state index is 13.0. The van der Waals surface area contributed by atoms with E-state index in [1.807, 2.05) is 6.92 Å². The number of nitro benzene ring substituents is 1. The van der Waals surface area contributed by atoms with Gasteiger partial charge < -0.3 is 15.0 Å². The van der Waals surface area contributed by atoms with Crippen molar-refractivity contribution < 1.29 is 19.6 Å². The summed E-state index contributed by atoms with van der Waals surface area (Å²) in [5, 5.41) is 22.1. The summed E-state index contributed by atoms with van der Waals surface area (Å²) in [6.07, 6.45) is 4.45. The van der Waals surface area contributed by atoms with Crippen LogP contribution in [0.25, 0.3) is 5.76 Å². The molecule has 33 heavy (non-hydrogen) atoms. The molecule has 0 spiro atoms. The Labute approximate surface area is 189 Å². The summed E-state index contributed by atoms with van der Waals surface area (Å²) in [6.45, 7) is 2.15. The van der Waals surface area contributed by atoms with Crippen LogP contribution >= 0.6 is 0 Å². The third kappa shape index (κ3) is 4.38. The molecule has 4 rings (SSSR count). The quantitative estimate of drug-likeness (QED) is 0.187. The normalized spacial score (nSPS) is 17.5. The topological polar surface area (TPSA) is 129 Å². The smallest absolute Gasteiger partial charge is 0.295 e. The largest absolute Gasteiger partial charge is 0.507 e. The molecule has 2 heterocycles. The van der Waals surface area contributed by atoms with Crippen LogP contribution in [0.4, 0.5) is 5.69 Å². The lowest BCUT2D eigenvalue weighted by atomic mass is 9.95. The van der Waals surface area contributed by atoms with Gasteiger partial charge in [-0.15, -0.1) is 0 Å². The van der Waals surface area contributed by atoms with Crippen LogP contribution in [-0.4, -0.2) is 43.1 Å². The molecule has 9 heteroatoms. The van der Waals surface area contributed by atoms with E-state index < -0.39 is 22.7 Å². The molecule has 0 aliphatic carbocycles. The van der Waals surface area contributed by atoms with Gasteiger partial charge >= 0.3 is 0 Å². The number of aryl methyl sites for hydroxylation is 2. The Morgan fingerprint density at radius 3 is 2.45 bits per heavy atom. The van der Waals surface area contributed by atoms with Gasteiger partial charge in [-0.2, -0.15) is 0 Å². The van der Waals surface area contributed by atoms with Crippen molar-refractivity contribution in [3.63, 3.8) is 0 Å². The van der Waals surface area contributed by atoms with Gasteiger partial charge in [-0.25, -0.2) is 4.98 Å². The number of amides is 1. The van der Waals surface area contributed by atoms with Gasteiger partial charge in [0.15, 0.2) is 0 Å². The van der Waals surface area contributed by atoms with E-state index >= 15 is 0 Å². The van der Waals surface area contributed by atoms with E-state index in [9.17, 15) is 24.8 Å². The number of rotatable bonds is 7. The Morgan fingerprint density at radius 2 is 1.85 bits per heavy atom. The highest BCUT2D eigenvalue weighted by Gasteiger charge is 2.45. The number of carbonyl (C=O) groups excluding carboxylic acids is 2. The average molecular weight is 446 g/mol. The number of imidazole rings is 1. The number of nitrogens with one attached hydrogen (secondary N) is 1. The molecule has 2 aromatic carbocycles. The number of aliphatic hydroxyl groups excluding tert-OH is 1.